The van der Waals surface area contributed by atoms with Gasteiger partial charge in [-0.2, -0.15) is 0 Å². The Balaban J connectivity index is 1.58. The smallest absolute Gasteiger partial charge is 0.234 e. The molecule has 30 heavy (non-hydrogen) atoms. The molecule has 2 aromatic carbocycles. The number of hydrogen-bond acceptors (Lipinski definition) is 6. The Morgan fingerprint density at radius 2 is 1.73 bits per heavy atom. The van der Waals surface area contributed by atoms with Crippen LogP contribution in [-0.2, 0) is 22.6 Å². The molecule has 0 fully saturated rings. The van der Waals surface area contributed by atoms with Gasteiger partial charge in [0.1, 0.15) is 11.6 Å². The normalized spacial score (nSPS) is 10.5. The number of thioether (sulfide) groups is 1. The average molecular weight is 426 g/mol. The van der Waals surface area contributed by atoms with Crippen molar-refractivity contribution >= 4 is 35.0 Å². The third-order valence-electron chi connectivity index (χ3n) is 4.17. The van der Waals surface area contributed by atoms with Crippen molar-refractivity contribution < 1.29 is 14.3 Å². The van der Waals surface area contributed by atoms with Crippen molar-refractivity contribution in [3.8, 4) is 5.75 Å². The summed E-state index contributed by atoms with van der Waals surface area (Å²) in [5.74, 6) is 1.07. The van der Waals surface area contributed by atoms with Gasteiger partial charge in [0.2, 0.25) is 11.8 Å². The molecule has 0 aliphatic rings. The summed E-state index contributed by atoms with van der Waals surface area (Å²) >= 11 is 1.28. The summed E-state index contributed by atoms with van der Waals surface area (Å²) in [6.45, 7) is 2.54. The van der Waals surface area contributed by atoms with Gasteiger partial charge in [-0.3, -0.25) is 9.59 Å². The number of hydrogen-bond donors (Lipinski definition) is 2. The number of para-hydroxylation sites is 1. The Morgan fingerprint density at radius 3 is 2.47 bits per heavy atom. The van der Waals surface area contributed by atoms with E-state index in [-0.39, 0.29) is 24.0 Å². The molecule has 0 saturated carbocycles. The lowest BCUT2D eigenvalue weighted by atomic mass is 10.3. The number of aromatic nitrogens is 3. The third-order valence-corrected chi connectivity index (χ3v) is 5.14. The van der Waals surface area contributed by atoms with Gasteiger partial charge < -0.3 is 19.9 Å². The number of amides is 2. The standard InChI is InChI=1S/C21H23N5O3S/c1-3-26-18(13-19(27)23-16-10-7-11-17(12-16)29-2)24-25-21(26)30-14-20(28)22-15-8-5-4-6-9-15/h4-12H,3,13-14H2,1-2H3,(H,22,28)(H,23,27). The first-order valence-corrected chi connectivity index (χ1v) is 10.4. The molecule has 2 N–H and O–H groups in total. The van der Waals surface area contributed by atoms with Crippen molar-refractivity contribution in [3.05, 3.63) is 60.4 Å². The molecule has 0 unspecified atom stereocenters. The lowest BCUT2D eigenvalue weighted by molar-refractivity contribution is -0.116. The summed E-state index contributed by atoms with van der Waals surface area (Å²) in [4.78, 5) is 24.6. The van der Waals surface area contributed by atoms with E-state index in [0.717, 1.165) is 5.69 Å². The predicted molar refractivity (Wildman–Crippen MR) is 117 cm³/mol. The maximum absolute atomic E-state index is 12.4. The second-order valence-corrected chi connectivity index (χ2v) is 7.25. The van der Waals surface area contributed by atoms with Gasteiger partial charge in [-0.15, -0.1) is 10.2 Å². The zero-order valence-electron chi connectivity index (χ0n) is 16.8. The van der Waals surface area contributed by atoms with E-state index in [4.69, 9.17) is 4.74 Å². The SMILES string of the molecule is CCn1c(CC(=O)Nc2cccc(OC)c2)nnc1SCC(=O)Nc1ccccc1. The highest BCUT2D eigenvalue weighted by atomic mass is 32.2. The Morgan fingerprint density at radius 1 is 1.00 bits per heavy atom. The second-order valence-electron chi connectivity index (χ2n) is 6.30. The maximum Gasteiger partial charge on any atom is 0.234 e. The Bertz CT molecular complexity index is 1010. The van der Waals surface area contributed by atoms with E-state index >= 15 is 0 Å². The average Bonchev–Trinajstić information content (AvgIpc) is 3.14. The van der Waals surface area contributed by atoms with Crippen LogP contribution in [0.5, 0.6) is 5.75 Å². The molecule has 0 atom stereocenters. The number of carbonyl (C=O) groups is 2. The van der Waals surface area contributed by atoms with Gasteiger partial charge in [0, 0.05) is 24.0 Å². The van der Waals surface area contributed by atoms with Gasteiger partial charge in [-0.25, -0.2) is 0 Å². The van der Waals surface area contributed by atoms with Crippen molar-refractivity contribution in [1.29, 1.82) is 0 Å². The second kappa shape index (κ2) is 10.4. The molecule has 2 amide bonds. The first-order chi connectivity index (χ1) is 14.6. The lowest BCUT2D eigenvalue weighted by Gasteiger charge is -2.09. The van der Waals surface area contributed by atoms with E-state index in [2.05, 4.69) is 20.8 Å². The van der Waals surface area contributed by atoms with Crippen LogP contribution in [0.1, 0.15) is 12.7 Å². The first-order valence-electron chi connectivity index (χ1n) is 9.42. The van der Waals surface area contributed by atoms with Crippen molar-refractivity contribution in [1.82, 2.24) is 14.8 Å². The molecule has 3 rings (SSSR count). The number of rotatable bonds is 9. The van der Waals surface area contributed by atoms with E-state index in [0.29, 0.717) is 29.0 Å². The van der Waals surface area contributed by atoms with Gasteiger partial charge in [-0.1, -0.05) is 36.0 Å². The largest absolute Gasteiger partial charge is 0.497 e. The quantitative estimate of drug-likeness (QED) is 0.511. The van der Waals surface area contributed by atoms with Crippen molar-refractivity contribution in [2.24, 2.45) is 0 Å². The lowest BCUT2D eigenvalue weighted by Crippen LogP contribution is -2.18. The van der Waals surface area contributed by atoms with E-state index < -0.39 is 0 Å². The van der Waals surface area contributed by atoms with Crippen LogP contribution >= 0.6 is 11.8 Å². The van der Waals surface area contributed by atoms with Crippen LogP contribution in [0.2, 0.25) is 0 Å². The molecule has 9 heteroatoms. The highest BCUT2D eigenvalue weighted by molar-refractivity contribution is 7.99. The number of carbonyl (C=O) groups excluding carboxylic acids is 2. The molecule has 0 bridgehead atoms. The minimum absolute atomic E-state index is 0.0782. The highest BCUT2D eigenvalue weighted by Crippen LogP contribution is 2.19. The monoisotopic (exact) mass is 425 g/mol. The number of ether oxygens (including phenoxy) is 1. The molecule has 0 aliphatic heterocycles. The van der Waals surface area contributed by atoms with Gasteiger partial charge in [0.15, 0.2) is 5.16 Å². The predicted octanol–water partition coefficient (Wildman–Crippen LogP) is 3.22. The summed E-state index contributed by atoms with van der Waals surface area (Å²) < 4.78 is 7.00. The number of nitrogens with one attached hydrogen (secondary N) is 2. The molecular formula is C21H23N5O3S. The number of methoxy groups -OCH3 is 1. The Kier molecular flexibility index (Phi) is 7.45. The highest BCUT2D eigenvalue weighted by Gasteiger charge is 2.16. The minimum Gasteiger partial charge on any atom is -0.497 e. The zero-order chi connectivity index (χ0) is 21.3. The molecule has 0 radical (unpaired) electrons. The zero-order valence-corrected chi connectivity index (χ0v) is 17.6. The molecule has 156 valence electrons. The third kappa shape index (κ3) is 5.84. The molecule has 8 nitrogen and oxygen atoms in total. The van der Waals surface area contributed by atoms with Crippen LogP contribution in [0.4, 0.5) is 11.4 Å². The molecule has 0 spiro atoms. The van der Waals surface area contributed by atoms with Crippen molar-refractivity contribution in [2.75, 3.05) is 23.5 Å². The topological polar surface area (TPSA) is 98.1 Å². The Hall–Kier alpha value is -3.33. The summed E-state index contributed by atoms with van der Waals surface area (Å²) in [6.07, 6.45) is 0.0782. The molecular weight excluding hydrogens is 402 g/mol. The van der Waals surface area contributed by atoms with Crippen LogP contribution < -0.4 is 15.4 Å². The Labute approximate surface area is 179 Å². The number of nitrogens with zero attached hydrogens (tertiary/aromatic N) is 3. The fourth-order valence-electron chi connectivity index (χ4n) is 2.77. The fraction of sp³-hybridized carbons (Fsp3) is 0.238. The fourth-order valence-corrected chi connectivity index (χ4v) is 3.59. The van der Waals surface area contributed by atoms with Crippen LogP contribution in [0.25, 0.3) is 0 Å². The van der Waals surface area contributed by atoms with Gasteiger partial charge in [0.25, 0.3) is 0 Å². The van der Waals surface area contributed by atoms with Crippen LogP contribution in [0.15, 0.2) is 59.8 Å². The number of benzene rings is 2. The molecule has 1 heterocycles. The van der Waals surface area contributed by atoms with Crippen LogP contribution in [-0.4, -0.2) is 39.4 Å². The maximum atomic E-state index is 12.4. The van der Waals surface area contributed by atoms with Gasteiger partial charge >= 0.3 is 0 Å². The van der Waals surface area contributed by atoms with E-state index in [9.17, 15) is 9.59 Å². The van der Waals surface area contributed by atoms with E-state index in [1.807, 2.05) is 41.8 Å². The summed E-state index contributed by atoms with van der Waals surface area (Å²) in [7, 11) is 1.57. The first kappa shape index (κ1) is 21.4. The molecule has 3 aromatic rings. The minimum atomic E-state index is -0.205. The van der Waals surface area contributed by atoms with Gasteiger partial charge in [-0.05, 0) is 31.2 Å². The van der Waals surface area contributed by atoms with Gasteiger partial charge in [0.05, 0.1) is 19.3 Å². The van der Waals surface area contributed by atoms with Crippen LogP contribution in [0, 0.1) is 0 Å². The van der Waals surface area contributed by atoms with Crippen molar-refractivity contribution in [2.45, 2.75) is 25.0 Å². The van der Waals surface area contributed by atoms with E-state index in [1.54, 1.807) is 31.4 Å². The molecule has 0 aliphatic carbocycles. The summed E-state index contributed by atoms with van der Waals surface area (Å²) in [5.41, 5.74) is 1.39. The van der Waals surface area contributed by atoms with E-state index in [1.165, 1.54) is 11.8 Å². The summed E-state index contributed by atoms with van der Waals surface area (Å²) in [6, 6.07) is 16.4. The number of anilines is 2. The molecule has 0 saturated heterocycles. The molecule has 1 aromatic heterocycles. The summed E-state index contributed by atoms with van der Waals surface area (Å²) in [5, 5.41) is 14.6. The van der Waals surface area contributed by atoms with Crippen LogP contribution in [0.3, 0.4) is 0 Å². The van der Waals surface area contributed by atoms with Crippen molar-refractivity contribution in [3.63, 3.8) is 0 Å².